The molecule has 0 bridgehead atoms. The zero-order valence-electron chi connectivity index (χ0n) is 71.5. The highest BCUT2D eigenvalue weighted by atomic mass is 32.5. The van der Waals surface area contributed by atoms with Crippen molar-refractivity contribution in [3.8, 4) is 40.6 Å². The topological polar surface area (TPSA) is 394 Å². The van der Waals surface area contributed by atoms with Crippen molar-refractivity contribution in [3.63, 3.8) is 0 Å². The molecule has 4 amide bonds. The van der Waals surface area contributed by atoms with E-state index in [-0.39, 0.29) is 65.5 Å². The number of imidazole rings is 2. The Morgan fingerprint density at radius 3 is 1.26 bits per heavy atom. The maximum absolute atomic E-state index is 14.7. The summed E-state index contributed by atoms with van der Waals surface area (Å²) in [4.78, 5) is 96.6. The van der Waals surface area contributed by atoms with Crippen molar-refractivity contribution in [2.45, 2.75) is 138 Å². The largest absolute Gasteiger partial charge is 0.514 e. The molecule has 126 heavy (non-hydrogen) atoms. The average molecular weight is 1810 g/mol. The molecule has 38 heteroatoms. The normalized spacial score (nSPS) is 18.5. The summed E-state index contributed by atoms with van der Waals surface area (Å²) in [6.45, 7) is 12.3. The first-order chi connectivity index (χ1) is 60.3. The van der Waals surface area contributed by atoms with E-state index in [1.807, 2.05) is 153 Å². The zero-order valence-corrected chi connectivity index (χ0v) is 76.1. The van der Waals surface area contributed by atoms with Crippen molar-refractivity contribution >= 4 is 113 Å². The van der Waals surface area contributed by atoms with E-state index >= 15 is 0 Å². The Morgan fingerprint density at radius 2 is 0.873 bits per heavy atom. The first-order valence-electron chi connectivity index (χ1n) is 40.5. The zero-order chi connectivity index (χ0) is 89.6. The van der Waals surface area contributed by atoms with Crippen molar-refractivity contribution in [1.29, 1.82) is 5.26 Å². The number of nitrogens with one attached hydrogen (secondary N) is 4. The summed E-state index contributed by atoms with van der Waals surface area (Å²) in [5.41, 5.74) is -1.03. The molecule has 13 rings (SSSR count). The predicted octanol–water partition coefficient (Wildman–Crippen LogP) is 15.0. The van der Waals surface area contributed by atoms with E-state index < -0.39 is 152 Å². The number of para-hydroxylation sites is 4. The molecule has 0 radical (unpaired) electrons. The maximum atomic E-state index is 14.7. The SMILES string of the molecule is COc1ccc(C(OC[C@H]2O[C@@H](n3cnc4c(NC(=O)COc5ccccc5)nc(NC(=O)COc5ccccc5)nc43)[C@H](O[Si](C)(C)C(C)(C)C)[C@@H]2OP(=S)(OCCC#N)OC[C@H]2O[C@@H](n3cnc4c(NC(=O)COc5ccccc5)nc(NC(=O)COc5ccccc5)nc43)[C@@H](O[Si](C)(C)C(C)(C)C)[C@@H]2[P+](=O)O)(c2ccccc2)c2ccc(OC)cc2)cc1. The molecule has 660 valence electrons. The minimum Gasteiger partial charge on any atom is -0.497 e. The number of rotatable bonds is 39. The molecule has 2 unspecified atom stereocenters. The van der Waals surface area contributed by atoms with Crippen LogP contribution in [0.1, 0.15) is 77.1 Å². The second-order valence-electron chi connectivity index (χ2n) is 32.5. The number of carbonyl (C=O) groups excluding carboxylic acids is 4. The quantitative estimate of drug-likeness (QED) is 0.0103. The molecule has 2 saturated heterocycles. The number of ether oxygens (including phenoxy) is 9. The van der Waals surface area contributed by atoms with Crippen LogP contribution in [0.15, 0.2) is 213 Å². The molecular formula is C88H100N13O20P2SSi2+. The second-order valence-corrected chi connectivity index (χ2v) is 46.2. The molecule has 2 aliphatic heterocycles. The van der Waals surface area contributed by atoms with Gasteiger partial charge in [0.05, 0.1) is 59.2 Å². The van der Waals surface area contributed by atoms with Crippen LogP contribution < -0.4 is 49.7 Å². The lowest BCUT2D eigenvalue weighted by Gasteiger charge is -2.41. The third-order valence-electron chi connectivity index (χ3n) is 21.9. The van der Waals surface area contributed by atoms with Crippen LogP contribution in [0.25, 0.3) is 22.3 Å². The first kappa shape index (κ1) is 92.3. The Morgan fingerprint density at radius 1 is 0.500 bits per heavy atom. The Labute approximate surface area is 736 Å². The maximum Gasteiger partial charge on any atom is 0.514 e. The van der Waals surface area contributed by atoms with Gasteiger partial charge in [0.1, 0.15) is 70.6 Å². The van der Waals surface area contributed by atoms with E-state index in [9.17, 15) is 33.9 Å². The fraction of sp³-hybridized carbons (Fsp3) is 0.352. The molecule has 5 N–H and O–H groups in total. The van der Waals surface area contributed by atoms with Crippen molar-refractivity contribution in [2.24, 2.45) is 0 Å². The number of nitrogens with zero attached hydrogens (tertiary/aromatic N) is 9. The molecule has 6 heterocycles. The van der Waals surface area contributed by atoms with Crippen LogP contribution in [0.4, 0.5) is 23.5 Å². The summed E-state index contributed by atoms with van der Waals surface area (Å²) < 4.78 is 111. The van der Waals surface area contributed by atoms with E-state index in [4.69, 9.17) is 96.8 Å². The molecule has 10 atom stereocenters. The summed E-state index contributed by atoms with van der Waals surface area (Å²) in [5.74, 6) is -0.786. The summed E-state index contributed by atoms with van der Waals surface area (Å²) in [6, 6.07) is 61.3. The van der Waals surface area contributed by atoms with Gasteiger partial charge in [-0.1, -0.05) is 169 Å². The van der Waals surface area contributed by atoms with Gasteiger partial charge in [0.15, 0.2) is 89.5 Å². The summed E-state index contributed by atoms with van der Waals surface area (Å²) in [7, 11) is -6.46. The van der Waals surface area contributed by atoms with Gasteiger partial charge in [0.2, 0.25) is 17.6 Å². The molecule has 11 aromatic rings. The van der Waals surface area contributed by atoms with Crippen LogP contribution >= 0.6 is 14.7 Å². The standard InChI is InChI=1S/C88H99N13O20P2SSi2/c1-86(2,3)125(9,10)120-75-74(119-123(124,115-48-28-47-89)116-50-67-77(122(106)107)76(121-126(11,12)87(4,5)6)83(118-67)101-56-91-73-79(93-69(103)52-111-63-33-22-15-23-34-63)97-85(99-81(73)101)95-71(105)54-113-65-37-26-17-27-38-65)66(49-114-88(57-29-18-13-19-30-57,58-39-43-60(108-7)44-40-58)59-41-45-61(109-8)46-42-59)117-82(75)100-55-90-72-78(92-68(102)51-110-62-31-20-14-21-32-62)96-84(98-80(72)100)94-70(104)53-112-64-35-24-16-25-36-64/h13-27,29-46,55-56,66-67,74-77,82-83H,28,48-54H2,1-12H3,(H4-,92,93,94,95,96,97,98,99,102,103,104,105,106,107)/p+1/t66-,67-,74-,75-,76+,77-,82-,83-,123?/m1/s1. The Kier molecular flexibility index (Phi) is 29.7. The van der Waals surface area contributed by atoms with Gasteiger partial charge in [-0.05, 0) is 142 Å². The molecule has 0 aliphatic carbocycles. The summed E-state index contributed by atoms with van der Waals surface area (Å²) in [5, 5.41) is 20.2. The summed E-state index contributed by atoms with van der Waals surface area (Å²) >= 11 is 6.71. The molecule has 33 nitrogen and oxygen atoms in total. The Hall–Kier alpha value is -11.4. The molecular weight excluding hydrogens is 1710 g/mol. The van der Waals surface area contributed by atoms with E-state index in [1.165, 1.54) is 17.2 Å². The number of benzene rings is 7. The fourth-order valence-electron chi connectivity index (χ4n) is 13.5. The number of hydrogen-bond acceptors (Lipinski definition) is 27. The number of carbonyl (C=O) groups is 4. The predicted molar refractivity (Wildman–Crippen MR) is 478 cm³/mol. The van der Waals surface area contributed by atoms with Crippen LogP contribution in [0.2, 0.25) is 36.3 Å². The monoisotopic (exact) mass is 1810 g/mol. The highest BCUT2D eigenvalue weighted by molar-refractivity contribution is 8.07. The van der Waals surface area contributed by atoms with Gasteiger partial charge in [0.25, 0.3) is 23.6 Å². The van der Waals surface area contributed by atoms with E-state index in [0.717, 1.165) is 0 Å². The molecule has 0 spiro atoms. The minimum absolute atomic E-state index is 0.000348. The van der Waals surface area contributed by atoms with Gasteiger partial charge in [-0.25, -0.2) is 9.97 Å². The number of amides is 4. The van der Waals surface area contributed by atoms with Gasteiger partial charge in [0, 0.05) is 0 Å². The highest BCUT2D eigenvalue weighted by Gasteiger charge is 2.61. The van der Waals surface area contributed by atoms with Crippen molar-refractivity contribution in [1.82, 2.24) is 39.0 Å². The van der Waals surface area contributed by atoms with E-state index in [2.05, 4.69) is 37.3 Å². The van der Waals surface area contributed by atoms with Gasteiger partial charge < -0.3 is 71.2 Å². The third kappa shape index (κ3) is 22.2. The van der Waals surface area contributed by atoms with Crippen molar-refractivity contribution in [3.05, 3.63) is 230 Å². The lowest BCUT2D eigenvalue weighted by molar-refractivity contribution is -0.119. The number of hydrogen-bond donors (Lipinski definition) is 5. The third-order valence-corrected chi connectivity index (χ3v) is 34.4. The fourth-order valence-corrected chi connectivity index (χ4v) is 19.2. The lowest BCUT2D eigenvalue weighted by Crippen LogP contribution is -2.49. The average Bonchev–Trinajstić information content (AvgIpc) is 1.45. The first-order valence-corrected chi connectivity index (χ1v) is 50.2. The van der Waals surface area contributed by atoms with Crippen molar-refractivity contribution < 1.29 is 93.7 Å². The molecule has 2 fully saturated rings. The van der Waals surface area contributed by atoms with E-state index in [1.54, 1.807) is 134 Å². The van der Waals surface area contributed by atoms with E-state index in [0.29, 0.717) is 51.2 Å². The number of nitriles is 1. The van der Waals surface area contributed by atoms with Crippen LogP contribution in [-0.4, -0.2) is 181 Å². The van der Waals surface area contributed by atoms with Crippen LogP contribution in [0.5, 0.6) is 34.5 Å². The van der Waals surface area contributed by atoms with Crippen molar-refractivity contribution in [2.75, 3.05) is 81.7 Å². The van der Waals surface area contributed by atoms with Gasteiger partial charge in [-0.3, -0.25) is 43.5 Å². The van der Waals surface area contributed by atoms with Crippen LogP contribution in [0, 0.1) is 11.3 Å². The second kappa shape index (κ2) is 40.5. The number of aromatic nitrogens is 8. The molecule has 4 aromatic heterocycles. The number of anilines is 4. The molecule has 7 aromatic carbocycles. The lowest BCUT2D eigenvalue weighted by atomic mass is 9.80. The molecule has 0 saturated carbocycles. The van der Waals surface area contributed by atoms with Crippen LogP contribution in [0.3, 0.4) is 0 Å². The number of fused-ring (bicyclic) bond motifs is 2. The van der Waals surface area contributed by atoms with Gasteiger partial charge in [-0.2, -0.15) is 30.1 Å². The van der Waals surface area contributed by atoms with Gasteiger partial charge in [-0.15, -0.1) is 0 Å². The van der Waals surface area contributed by atoms with Crippen LogP contribution in [-0.2, 0) is 77.8 Å². The minimum atomic E-state index is -4.54. The smallest absolute Gasteiger partial charge is 0.497 e. The Balaban J connectivity index is 0.934. The summed E-state index contributed by atoms with van der Waals surface area (Å²) in [6.07, 6.45) is -7.17. The van der Waals surface area contributed by atoms with Gasteiger partial charge >= 0.3 is 14.7 Å². The Bertz CT molecular complexity index is 5640. The molecule has 2 aliphatic rings. The highest BCUT2D eigenvalue weighted by Crippen LogP contribution is 2.58. The number of methoxy groups -OCH3 is 2.